The van der Waals surface area contributed by atoms with Gasteiger partial charge in [-0.2, -0.15) is 18.3 Å². The first-order valence-corrected chi connectivity index (χ1v) is 9.01. The molecule has 0 spiro atoms. The van der Waals surface area contributed by atoms with Gasteiger partial charge in [0.1, 0.15) is 17.3 Å². The number of pyridine rings is 1. The van der Waals surface area contributed by atoms with Gasteiger partial charge in [-0.15, -0.1) is 0 Å². The minimum atomic E-state index is -4.55. The van der Waals surface area contributed by atoms with Gasteiger partial charge >= 0.3 is 6.18 Å². The lowest BCUT2D eigenvalue weighted by Gasteiger charge is -2.12. The van der Waals surface area contributed by atoms with Crippen LogP contribution in [-0.2, 0) is 12.7 Å². The topological polar surface area (TPSA) is 69.0 Å². The monoisotopic (exact) mass is 420 g/mol. The van der Waals surface area contributed by atoms with Crippen LogP contribution in [0.25, 0.3) is 11.3 Å². The second kappa shape index (κ2) is 7.43. The van der Waals surface area contributed by atoms with Crippen molar-refractivity contribution in [1.82, 2.24) is 20.1 Å². The van der Waals surface area contributed by atoms with Crippen molar-refractivity contribution in [3.63, 3.8) is 0 Å². The minimum absolute atomic E-state index is 0.106. The van der Waals surface area contributed by atoms with Gasteiger partial charge in [0.2, 0.25) is 0 Å². The Morgan fingerprint density at radius 2 is 2.03 bits per heavy atom. The zero-order chi connectivity index (χ0) is 21.5. The number of nitrogens with one attached hydrogen (secondary N) is 1. The third-order valence-electron chi connectivity index (χ3n) is 4.82. The van der Waals surface area contributed by atoms with Gasteiger partial charge in [-0.05, 0) is 36.8 Å². The molecule has 3 aromatic rings. The summed E-state index contributed by atoms with van der Waals surface area (Å²) in [7, 11) is 1.37. The number of amides is 1. The van der Waals surface area contributed by atoms with E-state index in [0.29, 0.717) is 24.4 Å². The number of rotatable bonds is 4. The third-order valence-corrected chi connectivity index (χ3v) is 4.82. The van der Waals surface area contributed by atoms with E-state index in [4.69, 9.17) is 4.74 Å². The Labute approximate surface area is 168 Å². The Bertz CT molecular complexity index is 1110. The van der Waals surface area contributed by atoms with Crippen molar-refractivity contribution >= 4 is 5.91 Å². The molecular formula is C20H16F4N4O2. The Balaban J connectivity index is 1.57. The van der Waals surface area contributed by atoms with E-state index >= 15 is 0 Å². The first kappa shape index (κ1) is 19.9. The van der Waals surface area contributed by atoms with E-state index in [2.05, 4.69) is 15.4 Å². The normalized spacial score (nSPS) is 15.7. The lowest BCUT2D eigenvalue weighted by atomic mass is 10.1. The van der Waals surface area contributed by atoms with Crippen molar-refractivity contribution in [1.29, 1.82) is 0 Å². The summed E-state index contributed by atoms with van der Waals surface area (Å²) >= 11 is 0. The molecule has 1 aliphatic rings. The Morgan fingerprint density at radius 3 is 2.77 bits per heavy atom. The molecule has 0 aliphatic carbocycles. The predicted octanol–water partition coefficient (Wildman–Crippen LogP) is 3.99. The van der Waals surface area contributed by atoms with Crippen LogP contribution >= 0.6 is 0 Å². The van der Waals surface area contributed by atoms with E-state index in [1.165, 1.54) is 19.2 Å². The zero-order valence-corrected chi connectivity index (χ0v) is 15.7. The second-order valence-corrected chi connectivity index (χ2v) is 6.80. The summed E-state index contributed by atoms with van der Waals surface area (Å²) in [5, 5.41) is 7.16. The number of aromatic nitrogens is 3. The number of carbonyl (C=O) groups excluding carboxylic acids is 1. The standard InChI is InChI=1S/C20H16F4N4O2/c1-30-14-7-12(6-13(21)9-14)19(29)26-15-3-5-28-17(15)10-16(27-28)11-2-4-25-18(8-11)20(22,23)24/h2,4,6-10,15H,3,5H2,1H3,(H,26,29)/t15-/m1/s1. The largest absolute Gasteiger partial charge is 0.497 e. The van der Waals surface area contributed by atoms with Crippen molar-refractivity contribution in [2.24, 2.45) is 0 Å². The quantitative estimate of drug-likeness (QED) is 0.649. The molecule has 1 atom stereocenters. The van der Waals surface area contributed by atoms with Crippen LogP contribution in [0.2, 0.25) is 0 Å². The molecule has 3 heterocycles. The number of benzene rings is 1. The highest BCUT2D eigenvalue weighted by atomic mass is 19.4. The van der Waals surface area contributed by atoms with Crippen molar-refractivity contribution in [2.75, 3.05) is 7.11 Å². The number of hydrogen-bond acceptors (Lipinski definition) is 4. The fourth-order valence-corrected chi connectivity index (χ4v) is 3.38. The van der Waals surface area contributed by atoms with Crippen LogP contribution in [0, 0.1) is 5.82 Å². The lowest BCUT2D eigenvalue weighted by molar-refractivity contribution is -0.141. The van der Waals surface area contributed by atoms with E-state index in [9.17, 15) is 22.4 Å². The van der Waals surface area contributed by atoms with Gasteiger partial charge in [-0.25, -0.2) is 4.39 Å². The van der Waals surface area contributed by atoms with Gasteiger partial charge in [0.15, 0.2) is 0 Å². The lowest BCUT2D eigenvalue weighted by Crippen LogP contribution is -2.27. The van der Waals surface area contributed by atoms with E-state index < -0.39 is 29.6 Å². The Kier molecular flexibility index (Phi) is 4.92. The van der Waals surface area contributed by atoms with Crippen molar-refractivity contribution < 1.29 is 27.1 Å². The van der Waals surface area contributed by atoms with Crippen molar-refractivity contribution in [2.45, 2.75) is 25.2 Å². The fourth-order valence-electron chi connectivity index (χ4n) is 3.38. The number of hydrogen-bond donors (Lipinski definition) is 1. The molecule has 1 aromatic carbocycles. The first-order chi connectivity index (χ1) is 14.2. The van der Waals surface area contributed by atoms with Gasteiger partial charge < -0.3 is 10.1 Å². The highest BCUT2D eigenvalue weighted by molar-refractivity contribution is 5.94. The molecule has 0 saturated carbocycles. The first-order valence-electron chi connectivity index (χ1n) is 9.01. The molecule has 156 valence electrons. The van der Waals surface area contributed by atoms with E-state index in [0.717, 1.165) is 24.4 Å². The Hall–Kier alpha value is -3.43. The Morgan fingerprint density at radius 1 is 1.23 bits per heavy atom. The van der Waals surface area contributed by atoms with Crippen molar-refractivity contribution in [3.8, 4) is 17.0 Å². The summed E-state index contributed by atoms with van der Waals surface area (Å²) in [6.45, 7) is 0.490. The molecule has 0 saturated heterocycles. The van der Waals surface area contributed by atoms with E-state index in [1.54, 1.807) is 10.7 Å². The van der Waals surface area contributed by atoms with Crippen LogP contribution in [-0.4, -0.2) is 27.8 Å². The molecule has 0 bridgehead atoms. The molecule has 6 nitrogen and oxygen atoms in total. The molecule has 1 amide bonds. The van der Waals surface area contributed by atoms with Gasteiger partial charge in [0.05, 0.1) is 24.5 Å². The second-order valence-electron chi connectivity index (χ2n) is 6.80. The molecule has 4 rings (SSSR count). The van der Waals surface area contributed by atoms with E-state index in [1.807, 2.05) is 0 Å². The molecular weight excluding hydrogens is 404 g/mol. The van der Waals surface area contributed by atoms with Crippen LogP contribution in [0.4, 0.5) is 17.6 Å². The maximum atomic E-state index is 13.7. The SMILES string of the molecule is COc1cc(F)cc(C(=O)N[C@@H]2CCn3nc(-c4ccnc(C(F)(F)F)c4)cc32)c1. The number of alkyl halides is 3. The van der Waals surface area contributed by atoms with Gasteiger partial charge in [-0.3, -0.25) is 14.5 Å². The van der Waals surface area contributed by atoms with Gasteiger partial charge in [0.25, 0.3) is 5.91 Å². The molecule has 0 radical (unpaired) electrons. The average molecular weight is 420 g/mol. The van der Waals surface area contributed by atoms with Crippen LogP contribution in [0.1, 0.15) is 34.2 Å². The number of nitrogens with zero attached hydrogens (tertiary/aromatic N) is 3. The number of carbonyl (C=O) groups is 1. The van der Waals surface area contributed by atoms with Crippen LogP contribution in [0.5, 0.6) is 5.75 Å². The van der Waals surface area contributed by atoms with Crippen LogP contribution < -0.4 is 10.1 Å². The van der Waals surface area contributed by atoms with E-state index in [-0.39, 0.29) is 16.9 Å². The number of aryl methyl sites for hydroxylation is 1. The number of ether oxygens (including phenoxy) is 1. The minimum Gasteiger partial charge on any atom is -0.497 e. The van der Waals surface area contributed by atoms with Crippen LogP contribution in [0.3, 0.4) is 0 Å². The fraction of sp³-hybridized carbons (Fsp3) is 0.250. The smallest absolute Gasteiger partial charge is 0.433 e. The summed E-state index contributed by atoms with van der Waals surface area (Å²) < 4.78 is 59.1. The van der Waals surface area contributed by atoms with Crippen LogP contribution in [0.15, 0.2) is 42.6 Å². The summed E-state index contributed by atoms with van der Waals surface area (Å²) in [4.78, 5) is 15.9. The summed E-state index contributed by atoms with van der Waals surface area (Å²) in [6.07, 6.45) is -2.91. The van der Waals surface area contributed by atoms with Crippen molar-refractivity contribution in [3.05, 3.63) is 65.4 Å². The van der Waals surface area contributed by atoms with Gasteiger partial charge in [-0.1, -0.05) is 0 Å². The zero-order valence-electron chi connectivity index (χ0n) is 15.7. The molecule has 2 aromatic heterocycles. The average Bonchev–Trinajstić information content (AvgIpc) is 3.29. The number of fused-ring (bicyclic) bond motifs is 1. The highest BCUT2D eigenvalue weighted by Crippen LogP contribution is 2.33. The molecule has 30 heavy (non-hydrogen) atoms. The maximum Gasteiger partial charge on any atom is 0.433 e. The number of methoxy groups -OCH3 is 1. The highest BCUT2D eigenvalue weighted by Gasteiger charge is 2.33. The molecule has 0 unspecified atom stereocenters. The molecule has 1 N–H and O–H groups in total. The van der Waals surface area contributed by atoms with Gasteiger partial charge in [0, 0.05) is 29.9 Å². The molecule has 10 heteroatoms. The number of halogens is 4. The molecule has 0 fully saturated rings. The third kappa shape index (κ3) is 3.85. The summed E-state index contributed by atoms with van der Waals surface area (Å²) in [5.74, 6) is -0.870. The molecule has 1 aliphatic heterocycles. The maximum absolute atomic E-state index is 13.7. The predicted molar refractivity (Wildman–Crippen MR) is 98.2 cm³/mol. The summed E-state index contributed by atoms with van der Waals surface area (Å²) in [6, 6.07) is 7.30. The summed E-state index contributed by atoms with van der Waals surface area (Å²) in [5.41, 5.74) is 0.391.